The summed E-state index contributed by atoms with van der Waals surface area (Å²) in [5.41, 5.74) is 4.47. The van der Waals surface area contributed by atoms with E-state index in [1.807, 2.05) is 54.6 Å². The average Bonchev–Trinajstić information content (AvgIpc) is 3.34. The van der Waals surface area contributed by atoms with Crippen molar-refractivity contribution in [2.75, 3.05) is 13.2 Å². The van der Waals surface area contributed by atoms with Gasteiger partial charge in [0.05, 0.1) is 29.3 Å². The first-order valence-corrected chi connectivity index (χ1v) is 10.9. The Morgan fingerprint density at radius 3 is 2.61 bits per heavy atom. The number of rotatable bonds is 4. The van der Waals surface area contributed by atoms with Gasteiger partial charge < -0.3 is 14.6 Å². The molecule has 8 nitrogen and oxygen atoms in total. The Morgan fingerprint density at radius 1 is 1.06 bits per heavy atom. The summed E-state index contributed by atoms with van der Waals surface area (Å²) in [7, 11) is 0. The SMILES string of the molecule is CCOC(=O)C1=CN(C(=O)c2nn(-c3ccccc3)nc2C)CCc2c1[nH]c1ccccc21. The number of aromatic nitrogens is 4. The molecule has 0 bridgehead atoms. The average molecular weight is 441 g/mol. The Morgan fingerprint density at radius 2 is 1.82 bits per heavy atom. The summed E-state index contributed by atoms with van der Waals surface area (Å²) in [6.07, 6.45) is 2.15. The van der Waals surface area contributed by atoms with Gasteiger partial charge in [-0.2, -0.15) is 9.90 Å². The van der Waals surface area contributed by atoms with Gasteiger partial charge in [-0.15, -0.1) is 5.10 Å². The number of carbonyl (C=O) groups excluding carboxylic acids is 2. The molecule has 8 heteroatoms. The Bertz CT molecular complexity index is 1380. The van der Waals surface area contributed by atoms with Gasteiger partial charge >= 0.3 is 5.97 Å². The van der Waals surface area contributed by atoms with Gasteiger partial charge in [-0.3, -0.25) is 4.79 Å². The van der Waals surface area contributed by atoms with Crippen LogP contribution in [0.3, 0.4) is 0 Å². The molecule has 0 spiro atoms. The smallest absolute Gasteiger partial charge is 0.341 e. The molecule has 0 saturated carbocycles. The molecule has 1 amide bonds. The van der Waals surface area contributed by atoms with Crippen LogP contribution < -0.4 is 0 Å². The van der Waals surface area contributed by atoms with Crippen LogP contribution in [0, 0.1) is 6.92 Å². The van der Waals surface area contributed by atoms with Crippen LogP contribution in [-0.2, 0) is 16.0 Å². The zero-order valence-corrected chi connectivity index (χ0v) is 18.4. The summed E-state index contributed by atoms with van der Waals surface area (Å²) < 4.78 is 5.31. The first-order chi connectivity index (χ1) is 16.1. The number of aromatic amines is 1. The zero-order chi connectivity index (χ0) is 22.9. The second-order valence-corrected chi connectivity index (χ2v) is 7.79. The van der Waals surface area contributed by atoms with Crippen LogP contribution in [0.2, 0.25) is 0 Å². The molecule has 1 aliphatic rings. The quantitative estimate of drug-likeness (QED) is 0.488. The van der Waals surface area contributed by atoms with Crippen molar-refractivity contribution in [2.24, 2.45) is 0 Å². The van der Waals surface area contributed by atoms with Crippen LogP contribution >= 0.6 is 0 Å². The molecule has 3 heterocycles. The van der Waals surface area contributed by atoms with Crippen LogP contribution in [0.25, 0.3) is 22.2 Å². The first-order valence-electron chi connectivity index (χ1n) is 10.9. The van der Waals surface area contributed by atoms with Gasteiger partial charge in [-0.25, -0.2) is 4.79 Å². The number of hydrogen-bond acceptors (Lipinski definition) is 5. The molecule has 4 aromatic rings. The van der Waals surface area contributed by atoms with Crippen molar-refractivity contribution < 1.29 is 14.3 Å². The largest absolute Gasteiger partial charge is 0.462 e. The lowest BCUT2D eigenvalue weighted by Gasteiger charge is -2.16. The molecule has 33 heavy (non-hydrogen) atoms. The number of esters is 1. The van der Waals surface area contributed by atoms with Crippen molar-refractivity contribution in [3.8, 4) is 5.69 Å². The van der Waals surface area contributed by atoms with Crippen LogP contribution in [-0.4, -0.2) is 49.9 Å². The fourth-order valence-electron chi connectivity index (χ4n) is 4.12. The number of fused-ring (bicyclic) bond motifs is 3. The molecule has 5 rings (SSSR count). The maximum atomic E-state index is 13.5. The standard InChI is InChI=1S/C25H23N5O3/c1-3-33-25(32)20-15-29(14-13-19-18-11-7-8-12-21(18)26-23(19)20)24(31)22-16(2)27-30(28-22)17-9-5-4-6-10-17/h4-12,15,26H,3,13-14H2,1-2H3. The van der Waals surface area contributed by atoms with E-state index < -0.39 is 5.97 Å². The molecule has 0 saturated heterocycles. The molecular formula is C25H23N5O3. The van der Waals surface area contributed by atoms with E-state index in [2.05, 4.69) is 15.2 Å². The van der Waals surface area contributed by atoms with Gasteiger partial charge in [0.15, 0.2) is 5.69 Å². The minimum absolute atomic E-state index is 0.240. The minimum atomic E-state index is -0.477. The maximum absolute atomic E-state index is 13.5. The lowest BCUT2D eigenvalue weighted by atomic mass is 10.0. The summed E-state index contributed by atoms with van der Waals surface area (Å²) in [6.45, 7) is 4.15. The number of hydrogen-bond donors (Lipinski definition) is 1. The fraction of sp³-hybridized carbons (Fsp3) is 0.200. The lowest BCUT2D eigenvalue weighted by Crippen LogP contribution is -2.29. The Kier molecular flexibility index (Phi) is 5.26. The highest BCUT2D eigenvalue weighted by Gasteiger charge is 2.29. The van der Waals surface area contributed by atoms with Crippen molar-refractivity contribution in [3.63, 3.8) is 0 Å². The number of ether oxygens (including phenoxy) is 1. The van der Waals surface area contributed by atoms with E-state index in [0.29, 0.717) is 29.9 Å². The predicted octanol–water partition coefficient (Wildman–Crippen LogP) is 3.66. The number of para-hydroxylation sites is 2. The number of aryl methyl sites for hydroxylation is 1. The van der Waals surface area contributed by atoms with Gasteiger partial charge in [0, 0.05) is 23.6 Å². The van der Waals surface area contributed by atoms with Gasteiger partial charge in [-0.1, -0.05) is 36.4 Å². The Labute approximate surface area is 190 Å². The van der Waals surface area contributed by atoms with E-state index in [9.17, 15) is 9.59 Å². The third kappa shape index (κ3) is 3.69. The van der Waals surface area contributed by atoms with Crippen molar-refractivity contribution in [1.29, 1.82) is 0 Å². The zero-order valence-electron chi connectivity index (χ0n) is 18.4. The number of carbonyl (C=O) groups is 2. The third-order valence-corrected chi connectivity index (χ3v) is 5.70. The number of benzene rings is 2. The molecule has 0 aliphatic carbocycles. The van der Waals surface area contributed by atoms with Gasteiger partial charge in [0.2, 0.25) is 0 Å². The molecule has 0 fully saturated rings. The summed E-state index contributed by atoms with van der Waals surface area (Å²) in [5.74, 6) is -0.791. The van der Waals surface area contributed by atoms with Gasteiger partial charge in [0.1, 0.15) is 0 Å². The summed E-state index contributed by atoms with van der Waals surface area (Å²) in [5, 5.41) is 9.88. The highest BCUT2D eigenvalue weighted by Crippen LogP contribution is 2.31. The fourth-order valence-corrected chi connectivity index (χ4v) is 4.12. The van der Waals surface area contributed by atoms with Crippen molar-refractivity contribution in [3.05, 3.63) is 83.4 Å². The first kappa shape index (κ1) is 20.7. The lowest BCUT2D eigenvalue weighted by molar-refractivity contribution is -0.136. The summed E-state index contributed by atoms with van der Waals surface area (Å²) in [6, 6.07) is 17.3. The van der Waals surface area contributed by atoms with E-state index in [4.69, 9.17) is 4.74 Å². The molecule has 1 N–H and O–H groups in total. The number of nitrogens with zero attached hydrogens (tertiary/aromatic N) is 4. The van der Waals surface area contributed by atoms with E-state index >= 15 is 0 Å². The minimum Gasteiger partial charge on any atom is -0.462 e. The predicted molar refractivity (Wildman–Crippen MR) is 124 cm³/mol. The Hall–Kier alpha value is -4.20. The Balaban J connectivity index is 1.55. The molecule has 1 aliphatic heterocycles. The molecule has 0 unspecified atom stereocenters. The maximum Gasteiger partial charge on any atom is 0.341 e. The molecule has 0 radical (unpaired) electrons. The van der Waals surface area contributed by atoms with Crippen LogP contribution in [0.5, 0.6) is 0 Å². The third-order valence-electron chi connectivity index (χ3n) is 5.70. The molecular weight excluding hydrogens is 418 g/mol. The van der Waals surface area contributed by atoms with Gasteiger partial charge in [0.25, 0.3) is 5.91 Å². The second-order valence-electron chi connectivity index (χ2n) is 7.79. The van der Waals surface area contributed by atoms with Crippen molar-refractivity contribution >= 4 is 28.4 Å². The van der Waals surface area contributed by atoms with E-state index in [1.165, 1.54) is 9.70 Å². The molecule has 166 valence electrons. The number of amides is 1. The summed E-state index contributed by atoms with van der Waals surface area (Å²) >= 11 is 0. The molecule has 2 aromatic heterocycles. The molecule has 2 aromatic carbocycles. The van der Waals surface area contributed by atoms with Crippen molar-refractivity contribution in [1.82, 2.24) is 24.9 Å². The van der Waals surface area contributed by atoms with E-state index in [0.717, 1.165) is 22.2 Å². The van der Waals surface area contributed by atoms with Crippen LogP contribution in [0.15, 0.2) is 60.8 Å². The van der Waals surface area contributed by atoms with Crippen molar-refractivity contribution in [2.45, 2.75) is 20.3 Å². The van der Waals surface area contributed by atoms with Crippen LogP contribution in [0.4, 0.5) is 0 Å². The topological polar surface area (TPSA) is 93.1 Å². The molecule has 0 atom stereocenters. The summed E-state index contributed by atoms with van der Waals surface area (Å²) in [4.78, 5) is 32.7. The van der Waals surface area contributed by atoms with Crippen LogP contribution in [0.1, 0.15) is 34.4 Å². The number of H-pyrrole nitrogens is 1. The monoisotopic (exact) mass is 441 g/mol. The normalized spacial score (nSPS) is 13.4. The number of nitrogens with one attached hydrogen (secondary N) is 1. The highest BCUT2D eigenvalue weighted by atomic mass is 16.5. The second kappa shape index (κ2) is 8.38. The van der Waals surface area contributed by atoms with E-state index in [-0.39, 0.29) is 18.2 Å². The van der Waals surface area contributed by atoms with Gasteiger partial charge in [-0.05, 0) is 44.0 Å². The highest BCUT2D eigenvalue weighted by molar-refractivity contribution is 6.18. The van der Waals surface area contributed by atoms with E-state index in [1.54, 1.807) is 20.0 Å².